The van der Waals surface area contributed by atoms with Crippen molar-refractivity contribution in [1.29, 1.82) is 0 Å². The van der Waals surface area contributed by atoms with Crippen LogP contribution in [0.15, 0.2) is 59.9 Å². The molecule has 0 fully saturated rings. The zero-order valence-corrected chi connectivity index (χ0v) is 14.2. The third kappa shape index (κ3) is 6.08. The highest BCUT2D eigenvalue weighted by molar-refractivity contribution is 14.0. The van der Waals surface area contributed by atoms with Gasteiger partial charge in [-0.1, -0.05) is 18.2 Å². The van der Waals surface area contributed by atoms with E-state index >= 15 is 0 Å². The molecule has 22 heavy (non-hydrogen) atoms. The maximum absolute atomic E-state index is 11.7. The average molecular weight is 411 g/mol. The Hall–Kier alpha value is -2.16. The number of aromatic nitrogens is 1. The monoisotopic (exact) mass is 411 g/mol. The highest BCUT2D eigenvalue weighted by Gasteiger charge is 2.03. The molecule has 1 amide bonds. The molecule has 0 atom stereocenters. The van der Waals surface area contributed by atoms with E-state index in [1.807, 2.05) is 30.3 Å². The summed E-state index contributed by atoms with van der Waals surface area (Å²) in [5.74, 6) is 0.143. The van der Waals surface area contributed by atoms with Crippen molar-refractivity contribution in [1.82, 2.24) is 10.3 Å². The normalized spacial score (nSPS) is 10.5. The van der Waals surface area contributed by atoms with Gasteiger partial charge in [0.15, 0.2) is 5.96 Å². The van der Waals surface area contributed by atoms with Gasteiger partial charge < -0.3 is 16.4 Å². The number of aliphatic imine (C=N–C) groups is 1. The first-order chi connectivity index (χ1) is 10.3. The van der Waals surface area contributed by atoms with Gasteiger partial charge in [0.05, 0.1) is 12.1 Å². The van der Waals surface area contributed by atoms with Crippen LogP contribution in [0, 0.1) is 0 Å². The molecule has 0 aliphatic rings. The van der Waals surface area contributed by atoms with Crippen molar-refractivity contribution < 1.29 is 4.79 Å². The molecular weight excluding hydrogens is 393 g/mol. The number of carbonyl (C=O) groups is 1. The van der Waals surface area contributed by atoms with E-state index in [0.29, 0.717) is 24.6 Å². The summed E-state index contributed by atoms with van der Waals surface area (Å²) in [6.45, 7) is 0.808. The molecule has 2 rings (SSSR count). The SMILES string of the molecule is I.NC(=NCCNC(=O)c1cccnc1)Nc1ccccc1. The fourth-order valence-corrected chi connectivity index (χ4v) is 1.65. The molecule has 4 N–H and O–H groups in total. The number of pyridine rings is 1. The quantitative estimate of drug-likeness (QED) is 0.303. The molecule has 2 aromatic rings. The Labute approximate surface area is 146 Å². The summed E-state index contributed by atoms with van der Waals surface area (Å²) in [6, 6.07) is 12.9. The number of halogens is 1. The zero-order valence-electron chi connectivity index (χ0n) is 11.9. The number of rotatable bonds is 5. The Bertz CT molecular complexity index is 604. The van der Waals surface area contributed by atoms with Gasteiger partial charge >= 0.3 is 0 Å². The topological polar surface area (TPSA) is 92.4 Å². The second-order valence-electron chi connectivity index (χ2n) is 4.26. The molecule has 6 nitrogen and oxygen atoms in total. The van der Waals surface area contributed by atoms with Crippen LogP contribution in [-0.2, 0) is 0 Å². The first kappa shape index (κ1) is 17.9. The molecule has 0 radical (unpaired) electrons. The van der Waals surface area contributed by atoms with Gasteiger partial charge in [-0.2, -0.15) is 0 Å². The van der Waals surface area contributed by atoms with Crippen LogP contribution in [0.3, 0.4) is 0 Å². The standard InChI is InChI=1S/C15H17N5O.HI/c16-15(20-13-6-2-1-3-7-13)19-10-9-18-14(21)12-5-4-8-17-11-12;/h1-8,11H,9-10H2,(H,18,21)(H3,16,19,20);1H. The minimum atomic E-state index is -0.173. The van der Waals surface area contributed by atoms with E-state index < -0.39 is 0 Å². The molecule has 0 saturated carbocycles. The van der Waals surface area contributed by atoms with Crippen molar-refractivity contribution in [3.8, 4) is 0 Å². The third-order valence-corrected chi connectivity index (χ3v) is 2.65. The number of hydrogen-bond donors (Lipinski definition) is 3. The number of nitrogens with one attached hydrogen (secondary N) is 2. The number of nitrogens with zero attached hydrogens (tertiary/aromatic N) is 2. The number of benzene rings is 1. The summed E-state index contributed by atoms with van der Waals surface area (Å²) in [5, 5.41) is 5.72. The number of para-hydroxylation sites is 1. The summed E-state index contributed by atoms with van der Waals surface area (Å²) < 4.78 is 0. The molecule has 1 aromatic carbocycles. The van der Waals surface area contributed by atoms with Gasteiger partial charge in [-0.25, -0.2) is 0 Å². The molecule has 0 saturated heterocycles. The van der Waals surface area contributed by atoms with Crippen LogP contribution >= 0.6 is 24.0 Å². The highest BCUT2D eigenvalue weighted by atomic mass is 127. The Morgan fingerprint density at radius 1 is 1.18 bits per heavy atom. The summed E-state index contributed by atoms with van der Waals surface area (Å²) in [7, 11) is 0. The van der Waals surface area contributed by atoms with Crippen LogP contribution in [0.25, 0.3) is 0 Å². The van der Waals surface area contributed by atoms with Crippen LogP contribution in [0.5, 0.6) is 0 Å². The number of nitrogens with two attached hydrogens (primary N) is 1. The fourth-order valence-electron chi connectivity index (χ4n) is 1.65. The summed E-state index contributed by atoms with van der Waals surface area (Å²) in [5.41, 5.74) is 7.15. The first-order valence-corrected chi connectivity index (χ1v) is 6.56. The lowest BCUT2D eigenvalue weighted by Gasteiger charge is -2.06. The van der Waals surface area contributed by atoms with Gasteiger partial charge in [0.2, 0.25) is 0 Å². The third-order valence-electron chi connectivity index (χ3n) is 2.65. The molecular formula is C15H18IN5O. The van der Waals surface area contributed by atoms with Crippen LogP contribution in [0.4, 0.5) is 5.69 Å². The lowest BCUT2D eigenvalue weighted by atomic mass is 10.3. The Morgan fingerprint density at radius 3 is 2.64 bits per heavy atom. The predicted molar refractivity (Wildman–Crippen MR) is 98.5 cm³/mol. The molecule has 7 heteroatoms. The van der Waals surface area contributed by atoms with Crippen LogP contribution < -0.4 is 16.4 Å². The number of amides is 1. The smallest absolute Gasteiger partial charge is 0.252 e. The fraction of sp³-hybridized carbons (Fsp3) is 0.133. The minimum Gasteiger partial charge on any atom is -0.370 e. The first-order valence-electron chi connectivity index (χ1n) is 6.56. The van der Waals surface area contributed by atoms with Gasteiger partial charge in [0, 0.05) is 24.6 Å². The van der Waals surface area contributed by atoms with Crippen LogP contribution in [-0.4, -0.2) is 29.9 Å². The Morgan fingerprint density at radius 2 is 1.95 bits per heavy atom. The number of hydrogen-bond acceptors (Lipinski definition) is 3. The van der Waals surface area contributed by atoms with E-state index in [1.165, 1.54) is 6.20 Å². The average Bonchev–Trinajstić information content (AvgIpc) is 2.53. The molecule has 0 bridgehead atoms. The largest absolute Gasteiger partial charge is 0.370 e. The van der Waals surface area contributed by atoms with E-state index in [9.17, 15) is 4.79 Å². The van der Waals surface area contributed by atoms with Gasteiger partial charge in [-0.3, -0.25) is 14.8 Å². The number of anilines is 1. The van der Waals surface area contributed by atoms with Crippen LogP contribution in [0.1, 0.15) is 10.4 Å². The summed E-state index contributed by atoms with van der Waals surface area (Å²) >= 11 is 0. The van der Waals surface area contributed by atoms with E-state index in [0.717, 1.165) is 5.69 Å². The molecule has 1 heterocycles. The highest BCUT2D eigenvalue weighted by Crippen LogP contribution is 2.03. The summed E-state index contributed by atoms with van der Waals surface area (Å²) in [4.78, 5) is 19.8. The van der Waals surface area contributed by atoms with E-state index in [1.54, 1.807) is 18.3 Å². The predicted octanol–water partition coefficient (Wildman–Crippen LogP) is 1.86. The van der Waals surface area contributed by atoms with E-state index in [2.05, 4.69) is 20.6 Å². The van der Waals surface area contributed by atoms with Crippen molar-refractivity contribution in [2.45, 2.75) is 0 Å². The maximum atomic E-state index is 11.7. The van der Waals surface area contributed by atoms with E-state index in [4.69, 9.17) is 5.73 Å². The van der Waals surface area contributed by atoms with Crippen molar-refractivity contribution in [3.05, 3.63) is 60.4 Å². The number of guanidine groups is 1. The lowest BCUT2D eigenvalue weighted by molar-refractivity contribution is 0.0954. The summed E-state index contributed by atoms with van der Waals surface area (Å²) in [6.07, 6.45) is 3.14. The molecule has 1 aromatic heterocycles. The zero-order chi connectivity index (χ0) is 14.9. The van der Waals surface area contributed by atoms with Crippen molar-refractivity contribution >= 4 is 41.5 Å². The molecule has 0 aliphatic heterocycles. The van der Waals surface area contributed by atoms with Gasteiger partial charge in [0.25, 0.3) is 5.91 Å². The van der Waals surface area contributed by atoms with Crippen molar-refractivity contribution in [2.24, 2.45) is 10.7 Å². The second-order valence-corrected chi connectivity index (χ2v) is 4.26. The molecule has 116 valence electrons. The molecule has 0 spiro atoms. The van der Waals surface area contributed by atoms with Gasteiger partial charge in [-0.15, -0.1) is 24.0 Å². The van der Waals surface area contributed by atoms with Gasteiger partial charge in [-0.05, 0) is 24.3 Å². The van der Waals surface area contributed by atoms with Crippen molar-refractivity contribution in [2.75, 3.05) is 18.4 Å². The minimum absolute atomic E-state index is 0. The Kier molecular flexibility index (Phi) is 7.90. The lowest BCUT2D eigenvalue weighted by Crippen LogP contribution is -2.28. The van der Waals surface area contributed by atoms with E-state index in [-0.39, 0.29) is 29.9 Å². The van der Waals surface area contributed by atoms with Crippen molar-refractivity contribution in [3.63, 3.8) is 0 Å². The second kappa shape index (κ2) is 9.72. The molecule has 0 unspecified atom stereocenters. The number of carbonyl (C=O) groups excluding carboxylic acids is 1. The van der Waals surface area contributed by atoms with Gasteiger partial charge in [0.1, 0.15) is 0 Å². The maximum Gasteiger partial charge on any atom is 0.252 e. The Balaban J connectivity index is 0.00000242. The molecule has 0 aliphatic carbocycles. The van der Waals surface area contributed by atoms with Crippen LogP contribution in [0.2, 0.25) is 0 Å².